The first-order chi connectivity index (χ1) is 7.75. The van der Waals surface area contributed by atoms with Crippen LogP contribution in [0.5, 0.6) is 5.75 Å². The molecule has 1 aromatic carbocycles. The Hall–Kier alpha value is -1.76. The van der Waals surface area contributed by atoms with Crippen LogP contribution in [0, 0.1) is 0 Å². The fourth-order valence-corrected chi connectivity index (χ4v) is 1.48. The highest BCUT2D eigenvalue weighted by atomic mass is 19.4. The normalized spacial score (nSPS) is 15.3. The first kappa shape index (κ1) is 13.3. The van der Waals surface area contributed by atoms with E-state index in [-0.39, 0.29) is 5.75 Å². The summed E-state index contributed by atoms with van der Waals surface area (Å²) in [5.41, 5.74) is 1.33. The molecule has 1 rings (SSSR count). The third-order valence-corrected chi connectivity index (χ3v) is 2.52. The quantitative estimate of drug-likeness (QED) is 0.752. The minimum Gasteiger partial charge on any atom is -0.508 e. The number of halogens is 3. The second-order valence-electron chi connectivity index (χ2n) is 3.46. The van der Waals surface area contributed by atoms with Crippen LogP contribution in [0.1, 0.15) is 5.56 Å². The third-order valence-electron chi connectivity index (χ3n) is 2.52. The zero-order valence-corrected chi connectivity index (χ0v) is 8.53. The molecule has 94 valence electrons. The van der Waals surface area contributed by atoms with E-state index in [0.29, 0.717) is 0 Å². The van der Waals surface area contributed by atoms with Crippen molar-refractivity contribution in [3.05, 3.63) is 29.8 Å². The number of carboxylic acids is 1. The summed E-state index contributed by atoms with van der Waals surface area (Å²) < 4.78 is 38.7. The molecule has 0 spiro atoms. The van der Waals surface area contributed by atoms with Gasteiger partial charge in [0.1, 0.15) is 5.75 Å². The van der Waals surface area contributed by atoms with Gasteiger partial charge in [-0.15, -0.1) is 0 Å². The highest BCUT2D eigenvalue weighted by molar-refractivity contribution is 5.83. The lowest BCUT2D eigenvalue weighted by Gasteiger charge is -2.30. The topological polar surface area (TPSA) is 83.6 Å². The van der Waals surface area contributed by atoms with Gasteiger partial charge in [-0.2, -0.15) is 13.2 Å². The van der Waals surface area contributed by atoms with Crippen molar-refractivity contribution in [1.29, 1.82) is 0 Å². The van der Waals surface area contributed by atoms with Crippen molar-refractivity contribution in [3.63, 3.8) is 0 Å². The maximum Gasteiger partial charge on any atom is 0.410 e. The minimum atomic E-state index is -5.02. The number of phenolic OH excluding ortho intramolecular Hbond substituents is 1. The maximum absolute atomic E-state index is 12.9. The van der Waals surface area contributed by atoms with Crippen molar-refractivity contribution < 1.29 is 28.2 Å². The van der Waals surface area contributed by atoms with E-state index in [4.69, 9.17) is 15.9 Å². The lowest BCUT2D eigenvalue weighted by Crippen LogP contribution is -2.54. The second kappa shape index (κ2) is 4.25. The minimum absolute atomic E-state index is 0.257. The van der Waals surface area contributed by atoms with E-state index in [1.807, 2.05) is 0 Å². The summed E-state index contributed by atoms with van der Waals surface area (Å²) in [4.78, 5) is 10.9. The van der Waals surface area contributed by atoms with Gasteiger partial charge in [-0.25, -0.2) is 0 Å². The molecule has 1 atom stereocenters. The summed E-state index contributed by atoms with van der Waals surface area (Å²) in [6.07, 6.45) is -5.02. The zero-order chi connectivity index (χ0) is 13.3. The van der Waals surface area contributed by atoms with Crippen LogP contribution in [-0.4, -0.2) is 28.9 Å². The number of benzene rings is 1. The molecule has 4 nitrogen and oxygen atoms in total. The van der Waals surface area contributed by atoms with Crippen molar-refractivity contribution in [3.8, 4) is 5.75 Å². The Morgan fingerprint density at radius 1 is 1.24 bits per heavy atom. The van der Waals surface area contributed by atoms with Crippen molar-refractivity contribution in [2.45, 2.75) is 11.6 Å². The van der Waals surface area contributed by atoms with E-state index >= 15 is 0 Å². The van der Waals surface area contributed by atoms with Crippen LogP contribution in [-0.2, 0) is 10.2 Å². The summed E-state index contributed by atoms with van der Waals surface area (Å²) in [6, 6.07) is 3.75. The largest absolute Gasteiger partial charge is 0.508 e. The Balaban J connectivity index is 3.43. The van der Waals surface area contributed by atoms with Gasteiger partial charge in [0.2, 0.25) is 0 Å². The second-order valence-corrected chi connectivity index (χ2v) is 3.46. The van der Waals surface area contributed by atoms with Gasteiger partial charge in [-0.3, -0.25) is 4.79 Å². The first-order valence-electron chi connectivity index (χ1n) is 4.55. The lowest BCUT2D eigenvalue weighted by atomic mass is 9.79. The van der Waals surface area contributed by atoms with Crippen LogP contribution in [0.4, 0.5) is 13.2 Å². The van der Waals surface area contributed by atoms with Crippen molar-refractivity contribution in [2.24, 2.45) is 5.73 Å². The van der Waals surface area contributed by atoms with E-state index < -0.39 is 29.7 Å². The van der Waals surface area contributed by atoms with Gasteiger partial charge in [-0.1, -0.05) is 12.1 Å². The monoisotopic (exact) mass is 249 g/mol. The Labute approximate surface area is 94.5 Å². The van der Waals surface area contributed by atoms with Crippen LogP contribution in [0.15, 0.2) is 24.3 Å². The SMILES string of the molecule is NCC(C(=O)O)(c1ccc(O)cc1)C(F)(F)F. The molecule has 0 fully saturated rings. The predicted molar refractivity (Wildman–Crippen MR) is 52.5 cm³/mol. The van der Waals surface area contributed by atoms with Gasteiger partial charge in [0.25, 0.3) is 0 Å². The number of carboxylic acid groups (broad SMARTS) is 1. The van der Waals surface area contributed by atoms with E-state index in [9.17, 15) is 18.0 Å². The Bertz CT molecular complexity index is 416. The molecule has 7 heteroatoms. The molecule has 0 heterocycles. The molecular formula is C10H10F3NO3. The third kappa shape index (κ3) is 2.05. The number of phenols is 1. The predicted octanol–water partition coefficient (Wildman–Crippen LogP) is 1.24. The van der Waals surface area contributed by atoms with E-state index in [1.165, 1.54) is 0 Å². The van der Waals surface area contributed by atoms with Crippen molar-refractivity contribution >= 4 is 5.97 Å². The summed E-state index contributed by atoms with van der Waals surface area (Å²) in [5, 5.41) is 17.8. The molecular weight excluding hydrogens is 239 g/mol. The molecule has 17 heavy (non-hydrogen) atoms. The lowest BCUT2D eigenvalue weighted by molar-refractivity contribution is -0.203. The van der Waals surface area contributed by atoms with Gasteiger partial charge in [0.15, 0.2) is 5.41 Å². The molecule has 0 amide bonds. The standard InChI is InChI=1S/C10H10F3NO3/c11-10(12,13)9(5-14,8(16)17)6-1-3-7(15)4-2-6/h1-4,15H,5,14H2,(H,16,17). The smallest absolute Gasteiger partial charge is 0.410 e. The Morgan fingerprint density at radius 3 is 2.00 bits per heavy atom. The van der Waals surface area contributed by atoms with Gasteiger partial charge in [-0.05, 0) is 17.7 Å². The van der Waals surface area contributed by atoms with Gasteiger partial charge in [0.05, 0.1) is 0 Å². The van der Waals surface area contributed by atoms with Crippen molar-refractivity contribution in [1.82, 2.24) is 0 Å². The molecule has 0 radical (unpaired) electrons. The molecule has 0 saturated heterocycles. The maximum atomic E-state index is 12.9. The summed E-state index contributed by atoms with van der Waals surface area (Å²) in [7, 11) is 0. The molecule has 0 aliphatic carbocycles. The molecule has 1 unspecified atom stereocenters. The fourth-order valence-electron chi connectivity index (χ4n) is 1.48. The molecule has 0 aliphatic rings. The van der Waals surface area contributed by atoms with Crippen LogP contribution in [0.2, 0.25) is 0 Å². The average molecular weight is 249 g/mol. The molecule has 0 saturated carbocycles. The number of carbonyl (C=O) groups is 1. The number of nitrogens with two attached hydrogens (primary N) is 1. The van der Waals surface area contributed by atoms with Gasteiger partial charge < -0.3 is 15.9 Å². The Morgan fingerprint density at radius 2 is 1.71 bits per heavy atom. The van der Waals surface area contributed by atoms with Crippen molar-refractivity contribution in [2.75, 3.05) is 6.54 Å². The van der Waals surface area contributed by atoms with Crippen LogP contribution < -0.4 is 5.73 Å². The summed E-state index contributed by atoms with van der Waals surface area (Å²) in [5.74, 6) is -2.33. The van der Waals surface area contributed by atoms with E-state index in [2.05, 4.69) is 0 Å². The number of aliphatic carboxylic acids is 1. The number of hydrogen-bond acceptors (Lipinski definition) is 3. The molecule has 0 bridgehead atoms. The van der Waals surface area contributed by atoms with E-state index in [1.54, 1.807) is 0 Å². The van der Waals surface area contributed by atoms with Crippen LogP contribution in [0.3, 0.4) is 0 Å². The first-order valence-corrected chi connectivity index (χ1v) is 4.55. The molecule has 1 aromatic rings. The Kier molecular flexibility index (Phi) is 3.33. The summed E-state index contributed by atoms with van der Waals surface area (Å²) >= 11 is 0. The highest BCUT2D eigenvalue weighted by Gasteiger charge is 2.61. The van der Waals surface area contributed by atoms with Crippen LogP contribution >= 0.6 is 0 Å². The molecule has 4 N–H and O–H groups in total. The summed E-state index contributed by atoms with van der Waals surface area (Å²) in [6.45, 7) is -1.11. The molecule has 0 aromatic heterocycles. The molecule has 0 aliphatic heterocycles. The van der Waals surface area contributed by atoms with Crippen LogP contribution in [0.25, 0.3) is 0 Å². The van der Waals surface area contributed by atoms with Gasteiger partial charge in [0, 0.05) is 6.54 Å². The number of rotatable bonds is 3. The average Bonchev–Trinajstić information content (AvgIpc) is 2.19. The fraction of sp³-hybridized carbons (Fsp3) is 0.300. The highest BCUT2D eigenvalue weighted by Crippen LogP contribution is 2.41. The number of alkyl halides is 3. The number of aromatic hydroxyl groups is 1. The zero-order valence-electron chi connectivity index (χ0n) is 8.53. The van der Waals surface area contributed by atoms with Gasteiger partial charge >= 0.3 is 12.1 Å². The van der Waals surface area contributed by atoms with E-state index in [0.717, 1.165) is 24.3 Å². The number of hydrogen-bond donors (Lipinski definition) is 3.